The Kier molecular flexibility index (Phi) is 4.36. The van der Waals surface area contributed by atoms with Gasteiger partial charge in [0.2, 0.25) is 0 Å². The van der Waals surface area contributed by atoms with Gasteiger partial charge in [-0.1, -0.05) is 18.2 Å². The van der Waals surface area contributed by atoms with E-state index in [0.29, 0.717) is 0 Å². The molecule has 3 rings (SSSR count). The summed E-state index contributed by atoms with van der Waals surface area (Å²) in [4.78, 5) is 4.51. The number of nitrogens with zero attached hydrogens (tertiary/aromatic N) is 1. The molecule has 1 fully saturated rings. The van der Waals surface area contributed by atoms with Crippen LogP contribution in [0.1, 0.15) is 18.4 Å². The van der Waals surface area contributed by atoms with Crippen molar-refractivity contribution in [3.8, 4) is 0 Å². The SMILES string of the molecule is CSC1(CNc2ccnc3c(C)cccc23)CCOCC1. The molecule has 0 radical (unpaired) electrons. The van der Waals surface area contributed by atoms with Gasteiger partial charge in [0.25, 0.3) is 0 Å². The molecule has 0 atom stereocenters. The third-order valence-corrected chi connectivity index (χ3v) is 5.83. The highest BCUT2D eigenvalue weighted by Crippen LogP contribution is 2.34. The predicted octanol–water partition coefficient (Wildman–Crippen LogP) is 3.87. The van der Waals surface area contributed by atoms with E-state index in [1.54, 1.807) is 0 Å². The second-order valence-corrected chi connectivity index (χ2v) is 6.96. The first-order valence-corrected chi connectivity index (χ1v) is 8.68. The molecular formula is C17H22N2OS. The normalized spacial score (nSPS) is 17.8. The number of fused-ring (bicyclic) bond motifs is 1. The zero-order valence-electron chi connectivity index (χ0n) is 12.7. The summed E-state index contributed by atoms with van der Waals surface area (Å²) in [5.41, 5.74) is 3.50. The Morgan fingerprint density at radius 1 is 1.29 bits per heavy atom. The molecule has 0 unspecified atom stereocenters. The van der Waals surface area contributed by atoms with Gasteiger partial charge in [-0.25, -0.2) is 0 Å². The lowest BCUT2D eigenvalue weighted by atomic mass is 9.98. The van der Waals surface area contributed by atoms with Gasteiger partial charge in [0.1, 0.15) is 0 Å². The second-order valence-electron chi connectivity index (χ2n) is 5.68. The van der Waals surface area contributed by atoms with Crippen molar-refractivity contribution in [1.29, 1.82) is 0 Å². The van der Waals surface area contributed by atoms with Crippen molar-refractivity contribution in [3.63, 3.8) is 0 Å². The van der Waals surface area contributed by atoms with Crippen LogP contribution in [-0.4, -0.2) is 35.7 Å². The minimum absolute atomic E-state index is 0.289. The van der Waals surface area contributed by atoms with Gasteiger partial charge in [-0.2, -0.15) is 11.8 Å². The number of aryl methyl sites for hydroxylation is 1. The summed E-state index contributed by atoms with van der Waals surface area (Å²) in [5.74, 6) is 0. The number of hydrogen-bond donors (Lipinski definition) is 1. The van der Waals surface area contributed by atoms with Crippen LogP contribution in [0.5, 0.6) is 0 Å². The van der Waals surface area contributed by atoms with Gasteiger partial charge in [0.05, 0.1) is 5.52 Å². The van der Waals surface area contributed by atoms with Gasteiger partial charge in [-0.15, -0.1) is 0 Å². The largest absolute Gasteiger partial charge is 0.383 e. The molecule has 21 heavy (non-hydrogen) atoms. The average Bonchev–Trinajstić information content (AvgIpc) is 2.54. The van der Waals surface area contributed by atoms with Crippen molar-refractivity contribution in [2.75, 3.05) is 31.3 Å². The first kappa shape index (κ1) is 14.7. The highest BCUT2D eigenvalue weighted by atomic mass is 32.2. The Bertz CT molecular complexity index is 623. The molecule has 2 heterocycles. The summed E-state index contributed by atoms with van der Waals surface area (Å²) in [6.45, 7) is 4.84. The molecule has 112 valence electrons. The van der Waals surface area contributed by atoms with E-state index in [-0.39, 0.29) is 4.75 Å². The van der Waals surface area contributed by atoms with Crippen LogP contribution in [0.25, 0.3) is 10.9 Å². The number of benzene rings is 1. The summed E-state index contributed by atoms with van der Waals surface area (Å²) in [5, 5.41) is 4.87. The monoisotopic (exact) mass is 302 g/mol. The standard InChI is InChI=1S/C17H22N2OS/c1-13-4-3-5-14-15(6-9-18-16(13)14)19-12-17(21-2)7-10-20-11-8-17/h3-6,9H,7-8,10-12H2,1-2H3,(H,18,19). The summed E-state index contributed by atoms with van der Waals surface area (Å²) in [6.07, 6.45) is 6.33. The van der Waals surface area contributed by atoms with Gasteiger partial charge in [-0.05, 0) is 37.7 Å². The number of pyridine rings is 1. The maximum absolute atomic E-state index is 5.51. The highest BCUT2D eigenvalue weighted by molar-refractivity contribution is 8.00. The van der Waals surface area contributed by atoms with Crippen LogP contribution in [0, 0.1) is 6.92 Å². The summed E-state index contributed by atoms with van der Waals surface area (Å²) >= 11 is 1.96. The zero-order chi connectivity index (χ0) is 14.7. The molecule has 0 spiro atoms. The smallest absolute Gasteiger partial charge is 0.0751 e. The van der Waals surface area contributed by atoms with Crippen molar-refractivity contribution in [2.24, 2.45) is 0 Å². The fourth-order valence-corrected chi connectivity index (χ4v) is 3.72. The van der Waals surface area contributed by atoms with Crippen molar-refractivity contribution in [1.82, 2.24) is 4.98 Å². The third-order valence-electron chi connectivity index (χ3n) is 4.41. The number of ether oxygens (including phenoxy) is 1. The Morgan fingerprint density at radius 2 is 2.10 bits per heavy atom. The molecule has 1 aliphatic rings. The van der Waals surface area contributed by atoms with Gasteiger partial charge < -0.3 is 10.1 Å². The molecule has 0 aliphatic carbocycles. The van der Waals surface area contributed by atoms with Crippen LogP contribution < -0.4 is 5.32 Å². The zero-order valence-corrected chi connectivity index (χ0v) is 13.5. The number of anilines is 1. The molecular weight excluding hydrogens is 280 g/mol. The Balaban J connectivity index is 1.83. The number of aromatic nitrogens is 1. The lowest BCUT2D eigenvalue weighted by Gasteiger charge is -2.36. The maximum atomic E-state index is 5.51. The van der Waals surface area contributed by atoms with Gasteiger partial charge in [-0.3, -0.25) is 4.98 Å². The van der Waals surface area contributed by atoms with Crippen LogP contribution in [-0.2, 0) is 4.74 Å². The fourth-order valence-electron chi connectivity index (χ4n) is 2.93. The van der Waals surface area contributed by atoms with Crippen molar-refractivity contribution in [2.45, 2.75) is 24.5 Å². The molecule has 1 N–H and O–H groups in total. The summed E-state index contributed by atoms with van der Waals surface area (Å²) in [6, 6.07) is 8.44. The van der Waals surface area contributed by atoms with Crippen molar-refractivity contribution < 1.29 is 4.74 Å². The van der Waals surface area contributed by atoms with Gasteiger partial charge in [0, 0.05) is 41.8 Å². The van der Waals surface area contributed by atoms with Crippen molar-refractivity contribution in [3.05, 3.63) is 36.0 Å². The second kappa shape index (κ2) is 6.24. The van der Waals surface area contributed by atoms with E-state index in [1.807, 2.05) is 18.0 Å². The molecule has 0 bridgehead atoms. The molecule has 2 aromatic rings. The first-order chi connectivity index (χ1) is 10.2. The lowest BCUT2D eigenvalue weighted by Crippen LogP contribution is -2.39. The van der Waals surface area contributed by atoms with Gasteiger partial charge in [0.15, 0.2) is 0 Å². The number of nitrogens with one attached hydrogen (secondary N) is 1. The molecule has 4 heteroatoms. The average molecular weight is 302 g/mol. The molecule has 0 saturated carbocycles. The minimum Gasteiger partial charge on any atom is -0.383 e. The van der Waals surface area contributed by atoms with Crippen molar-refractivity contribution >= 4 is 28.4 Å². The Labute approximate surface area is 130 Å². The Morgan fingerprint density at radius 3 is 2.86 bits per heavy atom. The van der Waals surface area contributed by atoms with Gasteiger partial charge >= 0.3 is 0 Å². The van der Waals surface area contributed by atoms with E-state index in [0.717, 1.165) is 38.1 Å². The quantitative estimate of drug-likeness (QED) is 0.930. The number of thioether (sulfide) groups is 1. The third kappa shape index (κ3) is 3.01. The molecule has 0 amide bonds. The van der Waals surface area contributed by atoms with Crippen LogP contribution in [0.15, 0.2) is 30.5 Å². The minimum atomic E-state index is 0.289. The highest BCUT2D eigenvalue weighted by Gasteiger charge is 2.31. The first-order valence-electron chi connectivity index (χ1n) is 7.45. The van der Waals surface area contributed by atoms with Crippen LogP contribution in [0.4, 0.5) is 5.69 Å². The molecule has 1 aliphatic heterocycles. The molecule has 1 aromatic carbocycles. The van der Waals surface area contributed by atoms with E-state index in [1.165, 1.54) is 16.6 Å². The van der Waals surface area contributed by atoms with E-state index < -0.39 is 0 Å². The number of hydrogen-bond acceptors (Lipinski definition) is 4. The lowest BCUT2D eigenvalue weighted by molar-refractivity contribution is 0.0802. The van der Waals surface area contributed by atoms with E-state index in [4.69, 9.17) is 4.74 Å². The molecule has 1 aromatic heterocycles. The summed E-state index contributed by atoms with van der Waals surface area (Å²) in [7, 11) is 0. The van der Waals surface area contributed by atoms with E-state index >= 15 is 0 Å². The van der Waals surface area contributed by atoms with E-state index in [9.17, 15) is 0 Å². The summed E-state index contributed by atoms with van der Waals surface area (Å²) < 4.78 is 5.80. The molecule has 3 nitrogen and oxygen atoms in total. The Hall–Kier alpha value is -1.26. The van der Waals surface area contributed by atoms with Crippen LogP contribution in [0.2, 0.25) is 0 Å². The molecule has 1 saturated heterocycles. The topological polar surface area (TPSA) is 34.2 Å². The van der Waals surface area contributed by atoms with E-state index in [2.05, 4.69) is 47.7 Å². The maximum Gasteiger partial charge on any atom is 0.0751 e. The van der Waals surface area contributed by atoms with Crippen LogP contribution >= 0.6 is 11.8 Å². The fraction of sp³-hybridized carbons (Fsp3) is 0.471. The number of rotatable bonds is 4. The number of para-hydroxylation sites is 1. The predicted molar refractivity (Wildman–Crippen MR) is 91.3 cm³/mol. The van der Waals surface area contributed by atoms with Crippen LogP contribution in [0.3, 0.4) is 0 Å².